The van der Waals surface area contributed by atoms with Gasteiger partial charge in [0, 0.05) is 5.92 Å². The molecule has 0 spiro atoms. The van der Waals surface area contributed by atoms with Crippen molar-refractivity contribution in [3.8, 4) is 0 Å². The predicted molar refractivity (Wildman–Crippen MR) is 116 cm³/mol. The van der Waals surface area contributed by atoms with E-state index in [0.29, 0.717) is 5.92 Å². The van der Waals surface area contributed by atoms with Gasteiger partial charge in [-0.25, -0.2) is 0 Å². The molecule has 1 heterocycles. The molecular weight excluding hydrogens is 390 g/mol. The van der Waals surface area contributed by atoms with Crippen LogP contribution in [-0.2, 0) is 14.9 Å². The van der Waals surface area contributed by atoms with E-state index in [0.717, 1.165) is 55.3 Å². The summed E-state index contributed by atoms with van der Waals surface area (Å²) in [4.78, 5) is 4.56. The molecule has 0 amide bonds. The van der Waals surface area contributed by atoms with Crippen LogP contribution in [-0.4, -0.2) is 69.7 Å². The van der Waals surface area contributed by atoms with Gasteiger partial charge in [0.15, 0.2) is 0 Å². The maximum Gasteiger partial charge on any atom is 0.294 e. The lowest BCUT2D eigenvalue weighted by Gasteiger charge is -2.37. The summed E-state index contributed by atoms with van der Waals surface area (Å²) in [5.74, 6) is 1.48. The van der Waals surface area contributed by atoms with Crippen LogP contribution >= 0.6 is 0 Å². The summed E-state index contributed by atoms with van der Waals surface area (Å²) in [5, 5.41) is 0. The summed E-state index contributed by atoms with van der Waals surface area (Å²) in [7, 11) is -1.72. The Morgan fingerprint density at radius 3 is 2.31 bits per heavy atom. The van der Waals surface area contributed by atoms with Crippen molar-refractivity contribution in [2.75, 3.05) is 46.4 Å². The zero-order valence-electron chi connectivity index (χ0n) is 17.7. The molecule has 1 aliphatic carbocycles. The highest BCUT2D eigenvalue weighted by molar-refractivity contribution is 7.85. The Hall–Kier alpha value is -1.48. The summed E-state index contributed by atoms with van der Waals surface area (Å²) in [6.07, 6.45) is 6.52. The van der Waals surface area contributed by atoms with Crippen molar-refractivity contribution in [2.24, 2.45) is 16.6 Å². The molecule has 0 radical (unpaired) electrons. The number of likely N-dealkylation sites (N-methyl/N-ethyl adjacent to an activating group) is 1. The van der Waals surface area contributed by atoms with Crippen molar-refractivity contribution >= 4 is 16.0 Å². The van der Waals surface area contributed by atoms with Crippen LogP contribution in [0.4, 0.5) is 0 Å². The molecule has 1 aliphatic heterocycles. The van der Waals surface area contributed by atoms with E-state index in [-0.39, 0.29) is 4.90 Å². The van der Waals surface area contributed by atoms with Gasteiger partial charge in [-0.15, -0.1) is 0 Å². The molecule has 0 unspecified atom stereocenters. The normalized spacial score (nSPS) is 20.6. The number of ether oxygens (including phenoxy) is 1. The van der Waals surface area contributed by atoms with Crippen molar-refractivity contribution in [1.82, 2.24) is 0 Å². The molecule has 8 heteroatoms. The molecule has 1 saturated heterocycles. The molecule has 1 aromatic carbocycles. The summed E-state index contributed by atoms with van der Waals surface area (Å²) >= 11 is 0. The number of benzene rings is 1. The first-order valence-electron chi connectivity index (χ1n) is 10.4. The second kappa shape index (κ2) is 11.1. The Morgan fingerprint density at radius 1 is 1.17 bits per heavy atom. The van der Waals surface area contributed by atoms with E-state index in [4.69, 9.17) is 15.0 Å². The van der Waals surface area contributed by atoms with Crippen molar-refractivity contribution in [3.63, 3.8) is 0 Å². The van der Waals surface area contributed by atoms with Gasteiger partial charge in [0.2, 0.25) is 0 Å². The van der Waals surface area contributed by atoms with Crippen LogP contribution in [0.2, 0.25) is 0 Å². The third-order valence-electron chi connectivity index (χ3n) is 5.83. The molecule has 3 rings (SSSR count). The Balaban J connectivity index is 0.000000234. The van der Waals surface area contributed by atoms with Gasteiger partial charge in [-0.05, 0) is 31.9 Å². The Kier molecular flexibility index (Phi) is 9.07. The van der Waals surface area contributed by atoms with Gasteiger partial charge < -0.3 is 15.0 Å². The van der Waals surface area contributed by atoms with E-state index in [1.165, 1.54) is 44.2 Å². The highest BCUT2D eigenvalue weighted by atomic mass is 32.2. The van der Waals surface area contributed by atoms with E-state index in [1.54, 1.807) is 12.1 Å². The molecule has 1 saturated carbocycles. The van der Waals surface area contributed by atoms with Crippen molar-refractivity contribution in [2.45, 2.75) is 43.9 Å². The number of amidine groups is 1. The summed E-state index contributed by atoms with van der Waals surface area (Å²) in [6.45, 7) is 7.80. The highest BCUT2D eigenvalue weighted by Gasteiger charge is 2.24. The molecule has 7 nitrogen and oxygen atoms in total. The van der Waals surface area contributed by atoms with Crippen LogP contribution in [0.1, 0.15) is 37.7 Å². The average molecular weight is 427 g/mol. The zero-order chi connectivity index (χ0) is 21.3. The van der Waals surface area contributed by atoms with E-state index in [9.17, 15) is 8.42 Å². The van der Waals surface area contributed by atoms with Gasteiger partial charge in [-0.1, -0.05) is 37.0 Å². The van der Waals surface area contributed by atoms with Crippen LogP contribution in [0.15, 0.2) is 34.2 Å². The topological polar surface area (TPSA) is 102 Å². The summed E-state index contributed by atoms with van der Waals surface area (Å²) < 4.78 is 36.0. The van der Waals surface area contributed by atoms with E-state index >= 15 is 0 Å². The largest absolute Gasteiger partial charge is 0.387 e. The number of nitrogens with two attached hydrogens (primary N) is 1. The van der Waals surface area contributed by atoms with E-state index in [2.05, 4.69) is 12.0 Å². The SMILES string of the molecule is C[N+]1(CCN=C(N)C2CCCCC2)CCOCC1.Cc1ccc(S(=O)(=O)O)cc1. The number of rotatable bonds is 5. The number of aliphatic imine (C=N–C) groups is 1. The lowest BCUT2D eigenvalue weighted by Crippen LogP contribution is -2.53. The molecular formula is C21H36N3O4S+. The molecule has 2 aliphatic rings. The van der Waals surface area contributed by atoms with E-state index < -0.39 is 10.1 Å². The second-order valence-electron chi connectivity index (χ2n) is 8.33. The van der Waals surface area contributed by atoms with Crippen LogP contribution in [0.5, 0.6) is 0 Å². The first-order chi connectivity index (χ1) is 13.7. The van der Waals surface area contributed by atoms with Gasteiger partial charge in [-0.2, -0.15) is 8.42 Å². The predicted octanol–water partition coefficient (Wildman–Crippen LogP) is 2.64. The first-order valence-corrected chi connectivity index (χ1v) is 11.9. The van der Waals surface area contributed by atoms with Crippen LogP contribution in [0, 0.1) is 12.8 Å². The summed E-state index contributed by atoms with van der Waals surface area (Å²) in [6, 6.07) is 5.99. The van der Waals surface area contributed by atoms with Gasteiger partial charge >= 0.3 is 0 Å². The molecule has 0 aromatic heterocycles. The van der Waals surface area contributed by atoms with Gasteiger partial charge in [0.25, 0.3) is 10.1 Å². The fourth-order valence-corrected chi connectivity index (χ4v) is 4.15. The number of nitrogens with zero attached hydrogens (tertiary/aromatic N) is 2. The van der Waals surface area contributed by atoms with E-state index in [1.807, 2.05) is 6.92 Å². The van der Waals surface area contributed by atoms with Crippen LogP contribution in [0.25, 0.3) is 0 Å². The van der Waals surface area contributed by atoms with Gasteiger partial charge in [0.05, 0.1) is 44.1 Å². The van der Waals surface area contributed by atoms with Crippen molar-refractivity contribution in [1.29, 1.82) is 0 Å². The molecule has 3 N–H and O–H groups in total. The fourth-order valence-electron chi connectivity index (χ4n) is 3.67. The number of quaternary nitrogens is 1. The highest BCUT2D eigenvalue weighted by Crippen LogP contribution is 2.23. The van der Waals surface area contributed by atoms with Crippen LogP contribution < -0.4 is 5.73 Å². The maximum atomic E-state index is 10.5. The second-order valence-corrected chi connectivity index (χ2v) is 9.75. The molecule has 1 aromatic rings. The smallest absolute Gasteiger partial charge is 0.294 e. The lowest BCUT2D eigenvalue weighted by molar-refractivity contribution is -0.915. The third-order valence-corrected chi connectivity index (χ3v) is 6.70. The Morgan fingerprint density at radius 2 is 1.76 bits per heavy atom. The average Bonchev–Trinajstić information content (AvgIpc) is 2.69. The number of hydrogen-bond donors (Lipinski definition) is 2. The minimum absolute atomic E-state index is 0.0666. The molecule has 164 valence electrons. The number of morpholine rings is 1. The van der Waals surface area contributed by atoms with Crippen LogP contribution in [0.3, 0.4) is 0 Å². The third kappa shape index (κ3) is 8.42. The molecule has 29 heavy (non-hydrogen) atoms. The molecule has 2 fully saturated rings. The monoisotopic (exact) mass is 426 g/mol. The quantitative estimate of drug-likeness (QED) is 0.326. The van der Waals surface area contributed by atoms with Gasteiger partial charge in [-0.3, -0.25) is 9.55 Å². The maximum absolute atomic E-state index is 10.5. The summed E-state index contributed by atoms with van der Waals surface area (Å²) in [5.41, 5.74) is 7.08. The lowest BCUT2D eigenvalue weighted by atomic mass is 9.88. The van der Waals surface area contributed by atoms with Crippen molar-refractivity contribution in [3.05, 3.63) is 29.8 Å². The fraction of sp³-hybridized carbons (Fsp3) is 0.667. The Labute approximate surface area is 175 Å². The minimum Gasteiger partial charge on any atom is -0.387 e. The van der Waals surface area contributed by atoms with Crippen molar-refractivity contribution < 1.29 is 22.2 Å². The standard InChI is InChI=1S/C14H28N3O.C7H8O3S/c1-17(9-11-18-12-10-17)8-7-16-14(15)13-5-3-2-4-6-13;1-6-2-4-7(5-3-6)11(8,9)10/h13H,2-12H2,1H3,(H2,15,16);2-5H,1H3,(H,8,9,10)/q+1;. The minimum atomic E-state index is -4.02. The first kappa shape index (κ1) is 23.8. The Bertz CT molecular complexity index is 751. The number of aryl methyl sites for hydroxylation is 1. The molecule has 0 atom stereocenters. The van der Waals surface area contributed by atoms with Gasteiger partial charge in [0.1, 0.15) is 13.1 Å². The number of hydrogen-bond acceptors (Lipinski definition) is 4. The zero-order valence-corrected chi connectivity index (χ0v) is 18.5. The molecule has 0 bridgehead atoms.